The SMILES string of the molecule is CNCCCC(=O)Nc1ccccc1CN1CCOCC1. The number of benzene rings is 1. The summed E-state index contributed by atoms with van der Waals surface area (Å²) < 4.78 is 5.37. The molecule has 1 aromatic rings. The Morgan fingerprint density at radius 3 is 2.81 bits per heavy atom. The van der Waals surface area contributed by atoms with Crippen LogP contribution in [0.3, 0.4) is 0 Å². The molecule has 21 heavy (non-hydrogen) atoms. The van der Waals surface area contributed by atoms with E-state index in [1.165, 1.54) is 5.56 Å². The van der Waals surface area contributed by atoms with Gasteiger partial charge in [0.1, 0.15) is 0 Å². The molecule has 1 saturated heterocycles. The largest absolute Gasteiger partial charge is 0.379 e. The van der Waals surface area contributed by atoms with Crippen molar-refractivity contribution in [3.63, 3.8) is 0 Å². The summed E-state index contributed by atoms with van der Waals surface area (Å²) in [6.45, 7) is 5.20. The average Bonchev–Trinajstić information content (AvgIpc) is 2.51. The third-order valence-electron chi connectivity index (χ3n) is 3.62. The Kier molecular flexibility index (Phi) is 6.66. The Bertz CT molecular complexity index is 445. The van der Waals surface area contributed by atoms with Crippen molar-refractivity contribution in [3.05, 3.63) is 29.8 Å². The van der Waals surface area contributed by atoms with E-state index in [-0.39, 0.29) is 5.91 Å². The maximum atomic E-state index is 12.0. The molecule has 0 aliphatic carbocycles. The Balaban J connectivity index is 1.91. The van der Waals surface area contributed by atoms with Gasteiger partial charge >= 0.3 is 0 Å². The van der Waals surface area contributed by atoms with Crippen LogP contribution in [-0.2, 0) is 16.1 Å². The highest BCUT2D eigenvalue weighted by Gasteiger charge is 2.13. The summed E-state index contributed by atoms with van der Waals surface area (Å²) >= 11 is 0. The molecule has 1 amide bonds. The summed E-state index contributed by atoms with van der Waals surface area (Å²) in [5.74, 6) is 0.0830. The lowest BCUT2D eigenvalue weighted by Crippen LogP contribution is -2.35. The number of carbonyl (C=O) groups excluding carboxylic acids is 1. The van der Waals surface area contributed by atoms with Crippen LogP contribution in [0.2, 0.25) is 0 Å². The fourth-order valence-electron chi connectivity index (χ4n) is 2.42. The van der Waals surface area contributed by atoms with Gasteiger partial charge in [-0.2, -0.15) is 0 Å². The van der Waals surface area contributed by atoms with E-state index in [1.807, 2.05) is 25.2 Å². The molecular weight excluding hydrogens is 266 g/mol. The number of carbonyl (C=O) groups is 1. The maximum Gasteiger partial charge on any atom is 0.224 e. The molecule has 0 unspecified atom stereocenters. The third-order valence-corrected chi connectivity index (χ3v) is 3.62. The van der Waals surface area contributed by atoms with Crippen LogP contribution in [0.25, 0.3) is 0 Å². The highest BCUT2D eigenvalue weighted by molar-refractivity contribution is 5.91. The number of hydrogen-bond acceptors (Lipinski definition) is 4. The zero-order chi connectivity index (χ0) is 14.9. The molecule has 2 rings (SSSR count). The van der Waals surface area contributed by atoms with Crippen LogP contribution in [0.15, 0.2) is 24.3 Å². The van der Waals surface area contributed by atoms with Gasteiger partial charge in [-0.15, -0.1) is 0 Å². The summed E-state index contributed by atoms with van der Waals surface area (Å²) in [6.07, 6.45) is 1.40. The summed E-state index contributed by atoms with van der Waals surface area (Å²) in [5.41, 5.74) is 2.10. The fraction of sp³-hybridized carbons (Fsp3) is 0.562. The van der Waals surface area contributed by atoms with Crippen molar-refractivity contribution in [1.82, 2.24) is 10.2 Å². The number of rotatable bonds is 7. The molecule has 5 heteroatoms. The lowest BCUT2D eigenvalue weighted by Gasteiger charge is -2.27. The zero-order valence-electron chi connectivity index (χ0n) is 12.7. The molecule has 0 spiro atoms. The number of anilines is 1. The average molecular weight is 291 g/mol. The summed E-state index contributed by atoms with van der Waals surface area (Å²) in [4.78, 5) is 14.3. The molecule has 5 nitrogen and oxygen atoms in total. The first kappa shape index (κ1) is 15.9. The van der Waals surface area contributed by atoms with E-state index in [4.69, 9.17) is 4.74 Å². The van der Waals surface area contributed by atoms with E-state index >= 15 is 0 Å². The summed E-state index contributed by atoms with van der Waals surface area (Å²) in [6, 6.07) is 8.04. The van der Waals surface area contributed by atoms with Crippen molar-refractivity contribution in [1.29, 1.82) is 0 Å². The molecular formula is C16H25N3O2. The first-order valence-corrected chi connectivity index (χ1v) is 7.62. The van der Waals surface area contributed by atoms with Crippen molar-refractivity contribution in [2.24, 2.45) is 0 Å². The first-order chi connectivity index (χ1) is 10.3. The lowest BCUT2D eigenvalue weighted by molar-refractivity contribution is -0.116. The Morgan fingerprint density at radius 1 is 1.29 bits per heavy atom. The van der Waals surface area contributed by atoms with Crippen LogP contribution in [0.1, 0.15) is 18.4 Å². The van der Waals surface area contributed by atoms with Crippen LogP contribution in [0.5, 0.6) is 0 Å². The number of nitrogens with zero attached hydrogens (tertiary/aromatic N) is 1. The van der Waals surface area contributed by atoms with Gasteiger partial charge in [0.2, 0.25) is 5.91 Å². The predicted molar refractivity (Wildman–Crippen MR) is 84.3 cm³/mol. The zero-order valence-corrected chi connectivity index (χ0v) is 12.7. The fourth-order valence-corrected chi connectivity index (χ4v) is 2.42. The monoisotopic (exact) mass is 291 g/mol. The highest BCUT2D eigenvalue weighted by atomic mass is 16.5. The van der Waals surface area contributed by atoms with Gasteiger partial charge < -0.3 is 15.4 Å². The molecule has 1 fully saturated rings. The van der Waals surface area contributed by atoms with Gasteiger partial charge in [-0.3, -0.25) is 9.69 Å². The minimum atomic E-state index is 0.0830. The Morgan fingerprint density at radius 2 is 2.05 bits per heavy atom. The van der Waals surface area contributed by atoms with Gasteiger partial charge in [0.15, 0.2) is 0 Å². The van der Waals surface area contributed by atoms with Crippen molar-refractivity contribution >= 4 is 11.6 Å². The van der Waals surface area contributed by atoms with E-state index in [9.17, 15) is 4.79 Å². The van der Waals surface area contributed by atoms with Crippen LogP contribution < -0.4 is 10.6 Å². The lowest BCUT2D eigenvalue weighted by atomic mass is 10.1. The maximum absolute atomic E-state index is 12.0. The molecule has 1 aliphatic heterocycles. The van der Waals surface area contributed by atoms with Gasteiger partial charge in [0.05, 0.1) is 13.2 Å². The van der Waals surface area contributed by atoms with Gasteiger partial charge in [-0.25, -0.2) is 0 Å². The quantitative estimate of drug-likeness (QED) is 0.747. The van der Waals surface area contributed by atoms with E-state index in [0.29, 0.717) is 6.42 Å². The molecule has 0 radical (unpaired) electrons. The summed E-state index contributed by atoms with van der Waals surface area (Å²) in [5, 5.41) is 6.09. The molecule has 1 aliphatic rings. The topological polar surface area (TPSA) is 53.6 Å². The second-order valence-electron chi connectivity index (χ2n) is 5.30. The predicted octanol–water partition coefficient (Wildman–Crippen LogP) is 1.46. The molecule has 0 aromatic heterocycles. The molecule has 0 bridgehead atoms. The second kappa shape index (κ2) is 8.77. The van der Waals surface area contributed by atoms with Crippen LogP contribution in [-0.4, -0.2) is 50.7 Å². The number of hydrogen-bond donors (Lipinski definition) is 2. The number of para-hydroxylation sites is 1. The smallest absolute Gasteiger partial charge is 0.224 e. The normalized spacial score (nSPS) is 15.9. The van der Waals surface area contributed by atoms with Crippen molar-refractivity contribution in [2.45, 2.75) is 19.4 Å². The van der Waals surface area contributed by atoms with Gasteiger partial charge in [0.25, 0.3) is 0 Å². The molecule has 1 heterocycles. The van der Waals surface area contributed by atoms with Crippen LogP contribution >= 0.6 is 0 Å². The number of nitrogens with one attached hydrogen (secondary N) is 2. The number of morpholine rings is 1. The van der Waals surface area contributed by atoms with Crippen LogP contribution in [0.4, 0.5) is 5.69 Å². The summed E-state index contributed by atoms with van der Waals surface area (Å²) in [7, 11) is 1.90. The molecule has 0 atom stereocenters. The van der Waals surface area contributed by atoms with E-state index < -0.39 is 0 Å². The molecule has 116 valence electrons. The highest BCUT2D eigenvalue weighted by Crippen LogP contribution is 2.18. The number of ether oxygens (including phenoxy) is 1. The van der Waals surface area contributed by atoms with Crippen molar-refractivity contribution in [3.8, 4) is 0 Å². The third kappa shape index (κ3) is 5.46. The van der Waals surface area contributed by atoms with Gasteiger partial charge in [-0.1, -0.05) is 18.2 Å². The molecule has 0 saturated carbocycles. The Labute approximate surface area is 126 Å². The minimum Gasteiger partial charge on any atom is -0.379 e. The van der Waals surface area contributed by atoms with Crippen molar-refractivity contribution in [2.75, 3.05) is 45.2 Å². The van der Waals surface area contributed by atoms with Crippen LogP contribution in [0, 0.1) is 0 Å². The molecule has 1 aromatic carbocycles. The Hall–Kier alpha value is -1.43. The van der Waals surface area contributed by atoms with Crippen molar-refractivity contribution < 1.29 is 9.53 Å². The first-order valence-electron chi connectivity index (χ1n) is 7.62. The number of amides is 1. The standard InChI is InChI=1S/C16H25N3O2/c1-17-8-4-7-16(20)18-15-6-3-2-5-14(15)13-19-9-11-21-12-10-19/h2-3,5-6,17H,4,7-13H2,1H3,(H,18,20). The molecule has 2 N–H and O–H groups in total. The second-order valence-corrected chi connectivity index (χ2v) is 5.30. The minimum absolute atomic E-state index is 0.0830. The van der Waals surface area contributed by atoms with E-state index in [2.05, 4.69) is 21.6 Å². The van der Waals surface area contributed by atoms with E-state index in [0.717, 1.165) is 51.5 Å². The van der Waals surface area contributed by atoms with Gasteiger partial charge in [0, 0.05) is 31.7 Å². The van der Waals surface area contributed by atoms with E-state index in [1.54, 1.807) is 0 Å². The van der Waals surface area contributed by atoms with Gasteiger partial charge in [-0.05, 0) is 31.6 Å².